The van der Waals surface area contributed by atoms with Gasteiger partial charge in [0.25, 0.3) is 0 Å². The smallest absolute Gasteiger partial charge is 0.0483 e. The molecule has 0 aliphatic carbocycles. The Morgan fingerprint density at radius 2 is 2.00 bits per heavy atom. The second kappa shape index (κ2) is 5.98. The van der Waals surface area contributed by atoms with Crippen LogP contribution in [-0.4, -0.2) is 22.8 Å². The van der Waals surface area contributed by atoms with Crippen LogP contribution in [0.25, 0.3) is 10.9 Å². The van der Waals surface area contributed by atoms with Crippen LogP contribution in [-0.2, 0) is 18.4 Å². The Morgan fingerprint density at radius 3 is 2.60 bits per heavy atom. The van der Waals surface area contributed by atoms with Gasteiger partial charge >= 0.3 is 0 Å². The van der Waals surface area contributed by atoms with Crippen LogP contribution >= 0.6 is 0 Å². The first-order valence-corrected chi connectivity index (χ1v) is 7.40. The van der Waals surface area contributed by atoms with E-state index in [2.05, 4.69) is 49.7 Å². The molecule has 0 amide bonds. The van der Waals surface area contributed by atoms with Crippen molar-refractivity contribution in [3.05, 3.63) is 35.5 Å². The molecule has 3 nitrogen and oxygen atoms in total. The number of aromatic nitrogens is 1. The van der Waals surface area contributed by atoms with Crippen molar-refractivity contribution in [2.24, 2.45) is 5.73 Å². The van der Waals surface area contributed by atoms with Crippen LogP contribution in [0.4, 0.5) is 0 Å². The van der Waals surface area contributed by atoms with E-state index in [1.54, 1.807) is 0 Å². The summed E-state index contributed by atoms with van der Waals surface area (Å²) in [7, 11) is 0. The van der Waals surface area contributed by atoms with Crippen molar-refractivity contribution in [2.45, 2.75) is 45.6 Å². The van der Waals surface area contributed by atoms with E-state index in [0.717, 1.165) is 19.4 Å². The van der Waals surface area contributed by atoms with Crippen LogP contribution in [0.1, 0.15) is 38.3 Å². The van der Waals surface area contributed by atoms with Crippen molar-refractivity contribution in [3.63, 3.8) is 0 Å². The Kier molecular flexibility index (Phi) is 4.51. The van der Waals surface area contributed by atoms with Gasteiger partial charge in [-0.1, -0.05) is 26.8 Å². The van der Waals surface area contributed by atoms with Crippen LogP contribution < -0.4 is 5.73 Å². The fourth-order valence-electron chi connectivity index (χ4n) is 2.63. The molecule has 0 bridgehead atoms. The number of hydrogen-bond acceptors (Lipinski definition) is 2. The van der Waals surface area contributed by atoms with Gasteiger partial charge in [0.05, 0.1) is 0 Å². The van der Waals surface area contributed by atoms with E-state index in [1.807, 2.05) is 0 Å². The summed E-state index contributed by atoms with van der Waals surface area (Å²) in [5, 5.41) is 10.4. The number of nitrogens with zero attached hydrogens (tertiary/aromatic N) is 1. The van der Waals surface area contributed by atoms with Gasteiger partial charge < -0.3 is 15.4 Å². The largest absolute Gasteiger partial charge is 0.396 e. The summed E-state index contributed by atoms with van der Waals surface area (Å²) in [6.07, 6.45) is 3.92. The molecule has 3 heteroatoms. The zero-order valence-electron chi connectivity index (χ0n) is 12.8. The molecule has 0 atom stereocenters. The fourth-order valence-corrected chi connectivity index (χ4v) is 2.63. The normalized spacial score (nSPS) is 12.2. The molecule has 0 unspecified atom stereocenters. The number of fused-ring (bicyclic) bond motifs is 1. The molecule has 3 N–H and O–H groups in total. The second-order valence-corrected chi connectivity index (χ2v) is 6.45. The third-order valence-corrected chi connectivity index (χ3v) is 3.80. The highest BCUT2D eigenvalue weighted by atomic mass is 16.2. The quantitative estimate of drug-likeness (QED) is 0.881. The maximum Gasteiger partial charge on any atom is 0.0483 e. The first kappa shape index (κ1) is 15.1. The summed E-state index contributed by atoms with van der Waals surface area (Å²) in [4.78, 5) is 0. The summed E-state index contributed by atoms with van der Waals surface area (Å²) in [5.41, 5.74) is 9.76. The molecule has 2 aromatic rings. The van der Waals surface area contributed by atoms with Gasteiger partial charge in [0.1, 0.15) is 0 Å². The van der Waals surface area contributed by atoms with Gasteiger partial charge in [-0.25, -0.2) is 0 Å². The van der Waals surface area contributed by atoms with E-state index in [9.17, 15) is 0 Å². The highest BCUT2D eigenvalue weighted by molar-refractivity contribution is 5.85. The molecule has 2 rings (SSSR count). The van der Waals surface area contributed by atoms with Gasteiger partial charge in [0.2, 0.25) is 0 Å². The third kappa shape index (κ3) is 3.05. The lowest BCUT2D eigenvalue weighted by Crippen LogP contribution is -2.11. The maximum absolute atomic E-state index is 9.07. The van der Waals surface area contributed by atoms with E-state index in [4.69, 9.17) is 10.8 Å². The number of hydrogen-bond donors (Lipinski definition) is 2. The van der Waals surface area contributed by atoms with E-state index in [0.29, 0.717) is 6.54 Å². The monoisotopic (exact) mass is 274 g/mol. The molecular formula is C17H26N2O. The molecule has 20 heavy (non-hydrogen) atoms. The van der Waals surface area contributed by atoms with E-state index < -0.39 is 0 Å². The van der Waals surface area contributed by atoms with Crippen molar-refractivity contribution in [1.82, 2.24) is 4.57 Å². The first-order valence-electron chi connectivity index (χ1n) is 7.40. The minimum atomic E-state index is 0.151. The number of aliphatic hydroxyl groups is 1. The van der Waals surface area contributed by atoms with Crippen molar-refractivity contribution in [3.8, 4) is 0 Å². The Labute approximate surface area is 121 Å². The Morgan fingerprint density at radius 1 is 1.25 bits per heavy atom. The number of aliphatic hydroxyl groups excluding tert-OH is 1. The molecule has 0 aliphatic rings. The average molecular weight is 274 g/mol. The molecule has 0 fully saturated rings. The zero-order valence-corrected chi connectivity index (χ0v) is 12.8. The summed E-state index contributed by atoms with van der Waals surface area (Å²) in [6.45, 7) is 8.42. The number of aryl methyl sites for hydroxylation is 1. The minimum absolute atomic E-state index is 0.151. The van der Waals surface area contributed by atoms with Crippen LogP contribution in [0.2, 0.25) is 0 Å². The molecule has 110 valence electrons. The van der Waals surface area contributed by atoms with Crippen molar-refractivity contribution >= 4 is 10.9 Å². The SMILES string of the molecule is CC(C)(C)c1ccc2c(c1)c(CCCO)cn2CCN. The summed E-state index contributed by atoms with van der Waals surface area (Å²) in [5.74, 6) is 0. The molecule has 1 heterocycles. The van der Waals surface area contributed by atoms with Crippen LogP contribution in [0, 0.1) is 0 Å². The lowest BCUT2D eigenvalue weighted by atomic mass is 9.86. The zero-order chi connectivity index (χ0) is 14.8. The Bertz CT molecular complexity index is 578. The van der Waals surface area contributed by atoms with Gasteiger partial charge in [0.15, 0.2) is 0 Å². The fraction of sp³-hybridized carbons (Fsp3) is 0.529. The lowest BCUT2D eigenvalue weighted by Gasteiger charge is -2.19. The van der Waals surface area contributed by atoms with Gasteiger partial charge in [-0.05, 0) is 41.5 Å². The topological polar surface area (TPSA) is 51.2 Å². The lowest BCUT2D eigenvalue weighted by molar-refractivity contribution is 0.288. The van der Waals surface area contributed by atoms with Gasteiger partial charge in [0, 0.05) is 36.8 Å². The van der Waals surface area contributed by atoms with Crippen LogP contribution in [0.3, 0.4) is 0 Å². The molecule has 1 aromatic heterocycles. The standard InChI is InChI=1S/C17H26N2O/c1-17(2,3)14-6-7-16-15(11-14)13(5-4-10-20)12-19(16)9-8-18/h6-7,11-12,20H,4-5,8-10,18H2,1-3H3. The van der Waals surface area contributed by atoms with E-state index in [-0.39, 0.29) is 12.0 Å². The maximum atomic E-state index is 9.07. The second-order valence-electron chi connectivity index (χ2n) is 6.45. The summed E-state index contributed by atoms with van der Waals surface area (Å²) < 4.78 is 2.23. The number of nitrogens with two attached hydrogens (primary N) is 1. The highest BCUT2D eigenvalue weighted by Crippen LogP contribution is 2.29. The molecular weight excluding hydrogens is 248 g/mol. The van der Waals surface area contributed by atoms with Gasteiger partial charge in [-0.3, -0.25) is 0 Å². The highest BCUT2D eigenvalue weighted by Gasteiger charge is 2.16. The minimum Gasteiger partial charge on any atom is -0.396 e. The van der Waals surface area contributed by atoms with Crippen molar-refractivity contribution in [1.29, 1.82) is 0 Å². The molecule has 0 radical (unpaired) electrons. The van der Waals surface area contributed by atoms with Gasteiger partial charge in [-0.2, -0.15) is 0 Å². The van der Waals surface area contributed by atoms with Crippen LogP contribution in [0.15, 0.2) is 24.4 Å². The summed E-state index contributed by atoms with van der Waals surface area (Å²) >= 11 is 0. The Balaban J connectivity index is 2.52. The molecule has 0 saturated carbocycles. The Hall–Kier alpha value is -1.32. The molecule has 0 aliphatic heterocycles. The number of rotatable bonds is 5. The van der Waals surface area contributed by atoms with Crippen LogP contribution in [0.5, 0.6) is 0 Å². The number of benzene rings is 1. The molecule has 0 saturated heterocycles. The predicted molar refractivity (Wildman–Crippen MR) is 85.1 cm³/mol. The average Bonchev–Trinajstić information content (AvgIpc) is 2.74. The third-order valence-electron chi connectivity index (χ3n) is 3.80. The summed E-state index contributed by atoms with van der Waals surface area (Å²) in [6, 6.07) is 6.72. The van der Waals surface area contributed by atoms with E-state index in [1.165, 1.54) is 22.0 Å². The molecule has 1 aromatic carbocycles. The predicted octanol–water partition coefficient (Wildman–Crippen LogP) is 2.82. The molecule has 0 spiro atoms. The van der Waals surface area contributed by atoms with Crippen molar-refractivity contribution < 1.29 is 5.11 Å². The van der Waals surface area contributed by atoms with Crippen molar-refractivity contribution in [2.75, 3.05) is 13.2 Å². The first-order chi connectivity index (χ1) is 9.47. The van der Waals surface area contributed by atoms with E-state index >= 15 is 0 Å². The van der Waals surface area contributed by atoms with Gasteiger partial charge in [-0.15, -0.1) is 0 Å².